The number of esters is 1. The van der Waals surface area contributed by atoms with Crippen molar-refractivity contribution in [1.29, 1.82) is 5.26 Å². The molecule has 1 aromatic carbocycles. The van der Waals surface area contributed by atoms with E-state index >= 15 is 0 Å². The Morgan fingerprint density at radius 2 is 2.24 bits per heavy atom. The Morgan fingerprint density at radius 1 is 1.53 bits per heavy atom. The van der Waals surface area contributed by atoms with Crippen LogP contribution in [0.3, 0.4) is 0 Å². The second-order valence-electron chi connectivity index (χ2n) is 3.55. The molecule has 0 radical (unpaired) electrons. The highest BCUT2D eigenvalue weighted by molar-refractivity contribution is 5.78. The van der Waals surface area contributed by atoms with Crippen LogP contribution in [0.25, 0.3) is 0 Å². The third-order valence-corrected chi connectivity index (χ3v) is 2.49. The molecule has 0 amide bonds. The molecule has 17 heavy (non-hydrogen) atoms. The number of carbonyl (C=O) groups is 1. The van der Waals surface area contributed by atoms with Gasteiger partial charge in [0.1, 0.15) is 11.8 Å². The molecule has 4 nitrogen and oxygen atoms in total. The number of ether oxygens (including phenoxy) is 2. The summed E-state index contributed by atoms with van der Waals surface area (Å²) in [5.41, 5.74) is 1.23. The summed E-state index contributed by atoms with van der Waals surface area (Å²) in [7, 11) is 1.50. The van der Waals surface area contributed by atoms with Gasteiger partial charge in [0.05, 0.1) is 25.2 Å². The Balaban J connectivity index is 3.00. The number of rotatable bonds is 4. The molecule has 0 saturated carbocycles. The van der Waals surface area contributed by atoms with E-state index in [1.165, 1.54) is 7.11 Å². The predicted molar refractivity (Wildman–Crippen MR) is 62.8 cm³/mol. The molecule has 0 aliphatic heterocycles. The average Bonchev–Trinajstić information content (AvgIpc) is 2.37. The molecule has 4 heteroatoms. The number of hydrogen-bond donors (Lipinski definition) is 0. The van der Waals surface area contributed by atoms with Gasteiger partial charge in [-0.15, -0.1) is 0 Å². The maximum Gasteiger partial charge on any atom is 0.313 e. The van der Waals surface area contributed by atoms with E-state index in [0.29, 0.717) is 17.9 Å². The number of benzene rings is 1. The number of methoxy groups -OCH3 is 1. The normalized spacial score (nSPS) is 11.4. The van der Waals surface area contributed by atoms with Crippen LogP contribution < -0.4 is 4.74 Å². The zero-order valence-electron chi connectivity index (χ0n) is 10.2. The van der Waals surface area contributed by atoms with E-state index in [9.17, 15) is 4.79 Å². The second-order valence-corrected chi connectivity index (χ2v) is 3.55. The fourth-order valence-corrected chi connectivity index (χ4v) is 1.47. The Hall–Kier alpha value is -2.02. The van der Waals surface area contributed by atoms with E-state index in [4.69, 9.17) is 14.7 Å². The molecule has 0 aliphatic rings. The lowest BCUT2D eigenvalue weighted by molar-refractivity contribution is -0.144. The van der Waals surface area contributed by atoms with E-state index in [-0.39, 0.29) is 11.9 Å². The smallest absolute Gasteiger partial charge is 0.313 e. The molecule has 0 bridgehead atoms. The molecule has 0 saturated heterocycles. The van der Waals surface area contributed by atoms with E-state index in [0.717, 1.165) is 5.56 Å². The van der Waals surface area contributed by atoms with Gasteiger partial charge in [0.25, 0.3) is 0 Å². The zero-order valence-corrected chi connectivity index (χ0v) is 10.2. The Bertz CT molecular complexity index is 448. The second kappa shape index (κ2) is 5.90. The van der Waals surface area contributed by atoms with Gasteiger partial charge in [-0.2, -0.15) is 5.26 Å². The van der Waals surface area contributed by atoms with Crippen molar-refractivity contribution in [1.82, 2.24) is 0 Å². The average molecular weight is 233 g/mol. The Morgan fingerprint density at radius 3 is 2.76 bits per heavy atom. The minimum Gasteiger partial charge on any atom is -0.495 e. The first-order valence-corrected chi connectivity index (χ1v) is 5.38. The molecule has 1 atom stereocenters. The maximum absolute atomic E-state index is 11.6. The minimum absolute atomic E-state index is 0.278. The monoisotopic (exact) mass is 233 g/mol. The third kappa shape index (κ3) is 2.97. The van der Waals surface area contributed by atoms with E-state index < -0.39 is 0 Å². The van der Waals surface area contributed by atoms with Crippen molar-refractivity contribution in [2.24, 2.45) is 0 Å². The SMILES string of the molecule is CCOC(=O)[C@H](C)c1ccc(C#N)c(OC)c1. The van der Waals surface area contributed by atoms with Crippen LogP contribution in [0, 0.1) is 11.3 Å². The van der Waals surface area contributed by atoms with Crippen LogP contribution in [-0.2, 0) is 9.53 Å². The first-order chi connectivity index (χ1) is 8.13. The molecule has 0 fully saturated rings. The number of hydrogen-bond acceptors (Lipinski definition) is 4. The molecule has 0 N–H and O–H groups in total. The summed E-state index contributed by atoms with van der Waals surface area (Å²) in [6, 6.07) is 7.10. The maximum atomic E-state index is 11.6. The van der Waals surface area contributed by atoms with Gasteiger partial charge in [-0.1, -0.05) is 6.07 Å². The van der Waals surface area contributed by atoms with Gasteiger partial charge in [-0.05, 0) is 31.5 Å². The largest absolute Gasteiger partial charge is 0.495 e. The van der Waals surface area contributed by atoms with Crippen LogP contribution in [0.1, 0.15) is 30.9 Å². The predicted octanol–water partition coefficient (Wildman–Crippen LogP) is 2.23. The molecule has 0 heterocycles. The minimum atomic E-state index is -0.364. The van der Waals surface area contributed by atoms with Crippen molar-refractivity contribution in [2.75, 3.05) is 13.7 Å². The van der Waals surface area contributed by atoms with Gasteiger partial charge in [-0.3, -0.25) is 4.79 Å². The summed E-state index contributed by atoms with van der Waals surface area (Å²) in [4.78, 5) is 11.6. The molecule has 1 rings (SSSR count). The summed E-state index contributed by atoms with van der Waals surface area (Å²) in [6.45, 7) is 3.89. The van der Waals surface area contributed by atoms with Crippen LogP contribution in [0.2, 0.25) is 0 Å². The van der Waals surface area contributed by atoms with Crippen LogP contribution in [0.15, 0.2) is 18.2 Å². The fraction of sp³-hybridized carbons (Fsp3) is 0.385. The van der Waals surface area contributed by atoms with Crippen LogP contribution >= 0.6 is 0 Å². The fourth-order valence-electron chi connectivity index (χ4n) is 1.47. The first kappa shape index (κ1) is 13.0. The summed E-state index contributed by atoms with van der Waals surface area (Å²) in [5, 5.41) is 8.85. The standard InChI is InChI=1S/C13H15NO3/c1-4-17-13(15)9(2)10-5-6-11(8-14)12(7-10)16-3/h5-7,9H,4H2,1-3H3/t9-/m1/s1. The lowest BCUT2D eigenvalue weighted by atomic mass is 9.99. The van der Waals surface area contributed by atoms with E-state index in [2.05, 4.69) is 0 Å². The van der Waals surface area contributed by atoms with Crippen LogP contribution in [0.5, 0.6) is 5.75 Å². The number of nitrogens with zero attached hydrogens (tertiary/aromatic N) is 1. The molecule has 0 spiro atoms. The molecule has 90 valence electrons. The Kier molecular flexibility index (Phi) is 4.53. The zero-order chi connectivity index (χ0) is 12.8. The number of carbonyl (C=O) groups excluding carboxylic acids is 1. The van der Waals surface area contributed by atoms with Crippen molar-refractivity contribution in [3.63, 3.8) is 0 Å². The third-order valence-electron chi connectivity index (χ3n) is 2.49. The van der Waals surface area contributed by atoms with Gasteiger partial charge in [0.15, 0.2) is 0 Å². The van der Waals surface area contributed by atoms with Crippen molar-refractivity contribution < 1.29 is 14.3 Å². The molecule has 0 aromatic heterocycles. The first-order valence-electron chi connectivity index (χ1n) is 5.38. The lowest BCUT2D eigenvalue weighted by Crippen LogP contribution is -2.13. The summed E-state index contributed by atoms with van der Waals surface area (Å²) >= 11 is 0. The summed E-state index contributed by atoms with van der Waals surface area (Å²) < 4.78 is 10.0. The van der Waals surface area contributed by atoms with Crippen LogP contribution in [-0.4, -0.2) is 19.7 Å². The highest BCUT2D eigenvalue weighted by Crippen LogP contribution is 2.25. The highest BCUT2D eigenvalue weighted by atomic mass is 16.5. The summed E-state index contributed by atoms with van der Waals surface area (Å²) in [5.74, 6) is -0.169. The highest BCUT2D eigenvalue weighted by Gasteiger charge is 2.17. The van der Waals surface area contributed by atoms with Gasteiger partial charge in [0, 0.05) is 0 Å². The van der Waals surface area contributed by atoms with Crippen molar-refractivity contribution in [3.05, 3.63) is 29.3 Å². The molecular formula is C13H15NO3. The van der Waals surface area contributed by atoms with Gasteiger partial charge in [0.2, 0.25) is 0 Å². The van der Waals surface area contributed by atoms with Crippen molar-refractivity contribution >= 4 is 5.97 Å². The van der Waals surface area contributed by atoms with Gasteiger partial charge in [-0.25, -0.2) is 0 Å². The van der Waals surface area contributed by atoms with Crippen molar-refractivity contribution in [3.8, 4) is 11.8 Å². The van der Waals surface area contributed by atoms with Crippen molar-refractivity contribution in [2.45, 2.75) is 19.8 Å². The molecule has 1 aromatic rings. The summed E-state index contributed by atoms with van der Waals surface area (Å²) in [6.07, 6.45) is 0. The van der Waals surface area contributed by atoms with Crippen LogP contribution in [0.4, 0.5) is 0 Å². The van der Waals surface area contributed by atoms with E-state index in [1.54, 1.807) is 32.0 Å². The van der Waals surface area contributed by atoms with Gasteiger partial charge < -0.3 is 9.47 Å². The number of nitriles is 1. The topological polar surface area (TPSA) is 59.3 Å². The lowest BCUT2D eigenvalue weighted by Gasteiger charge is -2.12. The molecule has 0 unspecified atom stereocenters. The molecule has 0 aliphatic carbocycles. The molecular weight excluding hydrogens is 218 g/mol. The van der Waals surface area contributed by atoms with E-state index in [1.807, 2.05) is 6.07 Å². The van der Waals surface area contributed by atoms with Gasteiger partial charge >= 0.3 is 5.97 Å². The Labute approximate surface area is 101 Å². The quantitative estimate of drug-likeness (QED) is 0.748.